The van der Waals surface area contributed by atoms with E-state index in [1.165, 1.54) is 18.9 Å². The molecule has 2 aromatic rings. The summed E-state index contributed by atoms with van der Waals surface area (Å²) in [4.78, 5) is 10.4. The molecule has 1 aromatic carbocycles. The van der Waals surface area contributed by atoms with Crippen LogP contribution in [0, 0.1) is 0 Å². The van der Waals surface area contributed by atoms with Crippen LogP contribution in [0.4, 0.5) is 0 Å². The number of thioether (sulfide) groups is 1. The predicted molar refractivity (Wildman–Crippen MR) is 74.3 cm³/mol. The van der Waals surface area contributed by atoms with Crippen LogP contribution in [0.3, 0.4) is 0 Å². The summed E-state index contributed by atoms with van der Waals surface area (Å²) < 4.78 is 10.7. The molecule has 1 aromatic heterocycles. The van der Waals surface area contributed by atoms with Gasteiger partial charge >= 0.3 is 5.97 Å². The molecular formula is C12H11ClN2O4S. The largest absolute Gasteiger partial charge is 0.496 e. The summed E-state index contributed by atoms with van der Waals surface area (Å²) in [5, 5.41) is 17.2. The Hall–Kier alpha value is -1.73. The zero-order valence-corrected chi connectivity index (χ0v) is 12.1. The highest BCUT2D eigenvalue weighted by Crippen LogP contribution is 2.32. The number of methoxy groups -OCH3 is 1. The predicted octanol–water partition coefficient (Wildman–Crippen LogP) is 2.97. The van der Waals surface area contributed by atoms with Crippen LogP contribution in [0.25, 0.3) is 11.5 Å². The lowest BCUT2D eigenvalue weighted by Gasteiger charge is -2.04. The van der Waals surface area contributed by atoms with Gasteiger partial charge in [0.05, 0.1) is 19.1 Å². The zero-order valence-electron chi connectivity index (χ0n) is 10.5. The summed E-state index contributed by atoms with van der Waals surface area (Å²) in [5.74, 6) is 0.338. The SMILES string of the molecule is COc1cc(Cl)ccc1-c1nnc(SCCC(=O)O)o1. The van der Waals surface area contributed by atoms with Crippen LogP contribution < -0.4 is 4.74 Å². The molecule has 0 aliphatic carbocycles. The summed E-state index contributed by atoms with van der Waals surface area (Å²) in [6.45, 7) is 0. The van der Waals surface area contributed by atoms with E-state index in [0.29, 0.717) is 33.2 Å². The van der Waals surface area contributed by atoms with Gasteiger partial charge in [0.25, 0.3) is 11.1 Å². The van der Waals surface area contributed by atoms with Crippen molar-refractivity contribution in [3.8, 4) is 17.2 Å². The van der Waals surface area contributed by atoms with Gasteiger partial charge in [-0.05, 0) is 18.2 Å². The third kappa shape index (κ3) is 3.64. The van der Waals surface area contributed by atoms with E-state index in [0.717, 1.165) is 0 Å². The minimum Gasteiger partial charge on any atom is -0.496 e. The Balaban J connectivity index is 2.14. The Morgan fingerprint density at radius 3 is 3.00 bits per heavy atom. The maximum Gasteiger partial charge on any atom is 0.304 e. The van der Waals surface area contributed by atoms with Crippen molar-refractivity contribution in [1.82, 2.24) is 10.2 Å². The van der Waals surface area contributed by atoms with Gasteiger partial charge in [-0.2, -0.15) is 0 Å². The highest BCUT2D eigenvalue weighted by atomic mass is 35.5. The molecule has 0 aliphatic rings. The minimum atomic E-state index is -0.864. The second kappa shape index (κ2) is 6.62. The van der Waals surface area contributed by atoms with Gasteiger partial charge in [-0.25, -0.2) is 0 Å². The molecule has 2 rings (SSSR count). The molecule has 0 aliphatic heterocycles. The number of halogens is 1. The number of aliphatic carboxylic acids is 1. The van der Waals surface area contributed by atoms with E-state index in [4.69, 9.17) is 25.9 Å². The van der Waals surface area contributed by atoms with Gasteiger partial charge in [-0.15, -0.1) is 10.2 Å². The summed E-state index contributed by atoms with van der Waals surface area (Å²) in [6, 6.07) is 5.07. The van der Waals surface area contributed by atoms with Crippen molar-refractivity contribution in [3.05, 3.63) is 23.2 Å². The first-order valence-electron chi connectivity index (χ1n) is 5.62. The number of benzene rings is 1. The summed E-state index contributed by atoms with van der Waals surface area (Å²) >= 11 is 7.07. The Morgan fingerprint density at radius 1 is 1.50 bits per heavy atom. The molecule has 0 atom stereocenters. The summed E-state index contributed by atoms with van der Waals surface area (Å²) in [6.07, 6.45) is 0.0344. The van der Waals surface area contributed by atoms with E-state index in [1.54, 1.807) is 18.2 Å². The quantitative estimate of drug-likeness (QED) is 0.820. The molecular weight excluding hydrogens is 304 g/mol. The maximum absolute atomic E-state index is 10.4. The Labute approximate surface area is 124 Å². The molecule has 0 amide bonds. The van der Waals surface area contributed by atoms with Gasteiger partial charge in [0, 0.05) is 10.8 Å². The molecule has 0 spiro atoms. The van der Waals surface area contributed by atoms with Gasteiger partial charge in [-0.1, -0.05) is 23.4 Å². The average Bonchev–Trinajstić information content (AvgIpc) is 2.86. The van der Waals surface area contributed by atoms with Crippen LogP contribution in [0.15, 0.2) is 27.8 Å². The molecule has 0 radical (unpaired) electrons. The Bertz CT molecular complexity index is 617. The molecule has 1 heterocycles. The summed E-state index contributed by atoms with van der Waals surface area (Å²) in [5.41, 5.74) is 0.634. The number of hydrogen-bond acceptors (Lipinski definition) is 6. The second-order valence-corrected chi connectivity index (χ2v) is 5.19. The van der Waals surface area contributed by atoms with Crippen LogP contribution in [0.5, 0.6) is 5.75 Å². The number of hydrogen-bond donors (Lipinski definition) is 1. The number of carbonyl (C=O) groups is 1. The third-order valence-electron chi connectivity index (χ3n) is 2.34. The summed E-state index contributed by atoms with van der Waals surface area (Å²) in [7, 11) is 1.52. The van der Waals surface area contributed by atoms with Gasteiger partial charge in [0.1, 0.15) is 5.75 Å². The van der Waals surface area contributed by atoms with Crippen molar-refractivity contribution in [2.75, 3.05) is 12.9 Å². The van der Waals surface area contributed by atoms with Crippen LogP contribution in [0.1, 0.15) is 6.42 Å². The normalized spacial score (nSPS) is 10.5. The number of rotatable bonds is 6. The number of carboxylic acids is 1. The highest BCUT2D eigenvalue weighted by Gasteiger charge is 2.14. The fourth-order valence-corrected chi connectivity index (χ4v) is 2.29. The topological polar surface area (TPSA) is 85.5 Å². The van der Waals surface area contributed by atoms with Gasteiger partial charge in [0.2, 0.25) is 0 Å². The molecule has 20 heavy (non-hydrogen) atoms. The maximum atomic E-state index is 10.4. The van der Waals surface area contributed by atoms with E-state index in [1.807, 2.05) is 0 Å². The van der Waals surface area contributed by atoms with E-state index in [9.17, 15) is 4.79 Å². The van der Waals surface area contributed by atoms with E-state index >= 15 is 0 Å². The van der Waals surface area contributed by atoms with Crippen molar-refractivity contribution in [2.45, 2.75) is 11.6 Å². The standard InChI is InChI=1S/C12H11ClN2O4S/c1-18-9-6-7(13)2-3-8(9)11-14-15-12(19-11)20-5-4-10(16)17/h2-3,6H,4-5H2,1H3,(H,16,17). The first-order chi connectivity index (χ1) is 9.60. The highest BCUT2D eigenvalue weighted by molar-refractivity contribution is 7.99. The first kappa shape index (κ1) is 14.7. The Morgan fingerprint density at radius 2 is 2.30 bits per heavy atom. The number of ether oxygens (including phenoxy) is 1. The molecule has 0 unspecified atom stereocenters. The zero-order chi connectivity index (χ0) is 14.5. The van der Waals surface area contributed by atoms with E-state index in [2.05, 4.69) is 10.2 Å². The van der Waals surface area contributed by atoms with Crippen molar-refractivity contribution in [3.63, 3.8) is 0 Å². The van der Waals surface area contributed by atoms with Crippen LogP contribution in [0.2, 0.25) is 5.02 Å². The molecule has 0 saturated heterocycles. The molecule has 0 bridgehead atoms. The van der Waals surface area contributed by atoms with Crippen LogP contribution in [-0.4, -0.2) is 34.1 Å². The molecule has 0 fully saturated rings. The number of carboxylic acid groups (broad SMARTS) is 1. The average molecular weight is 315 g/mol. The van der Waals surface area contributed by atoms with Crippen molar-refractivity contribution < 1.29 is 19.1 Å². The number of nitrogens with zero attached hydrogens (tertiary/aromatic N) is 2. The van der Waals surface area contributed by atoms with E-state index < -0.39 is 5.97 Å². The van der Waals surface area contributed by atoms with Gasteiger partial charge < -0.3 is 14.3 Å². The monoisotopic (exact) mass is 314 g/mol. The van der Waals surface area contributed by atoms with Crippen molar-refractivity contribution in [1.29, 1.82) is 0 Å². The molecule has 106 valence electrons. The van der Waals surface area contributed by atoms with Crippen molar-refractivity contribution in [2.24, 2.45) is 0 Å². The van der Waals surface area contributed by atoms with Gasteiger partial charge in [-0.3, -0.25) is 4.79 Å². The van der Waals surface area contributed by atoms with Crippen LogP contribution in [-0.2, 0) is 4.79 Å². The van der Waals surface area contributed by atoms with Gasteiger partial charge in [0.15, 0.2) is 0 Å². The second-order valence-electron chi connectivity index (χ2n) is 3.71. The fourth-order valence-electron chi connectivity index (χ4n) is 1.44. The lowest BCUT2D eigenvalue weighted by Crippen LogP contribution is -1.95. The lowest BCUT2D eigenvalue weighted by atomic mass is 10.2. The first-order valence-corrected chi connectivity index (χ1v) is 6.98. The molecule has 1 N–H and O–H groups in total. The smallest absolute Gasteiger partial charge is 0.304 e. The Kier molecular flexibility index (Phi) is 4.86. The third-order valence-corrected chi connectivity index (χ3v) is 3.40. The fraction of sp³-hybridized carbons (Fsp3) is 0.250. The molecule has 0 saturated carbocycles. The van der Waals surface area contributed by atoms with Crippen molar-refractivity contribution >= 4 is 29.3 Å². The minimum absolute atomic E-state index is 0.0344. The van der Waals surface area contributed by atoms with E-state index in [-0.39, 0.29) is 6.42 Å². The number of aromatic nitrogens is 2. The molecule has 6 nitrogen and oxygen atoms in total. The van der Waals surface area contributed by atoms with Crippen LogP contribution >= 0.6 is 23.4 Å². The molecule has 8 heteroatoms. The lowest BCUT2D eigenvalue weighted by molar-refractivity contribution is -0.136.